The van der Waals surface area contributed by atoms with E-state index in [0.29, 0.717) is 23.2 Å². The van der Waals surface area contributed by atoms with E-state index in [1.807, 2.05) is 13.0 Å². The first kappa shape index (κ1) is 18.5. The van der Waals surface area contributed by atoms with Gasteiger partial charge < -0.3 is 14.5 Å². The van der Waals surface area contributed by atoms with Crippen LogP contribution in [0.25, 0.3) is 11.0 Å². The quantitative estimate of drug-likeness (QED) is 0.845. The molecule has 1 aliphatic rings. The van der Waals surface area contributed by atoms with Gasteiger partial charge in [0.05, 0.1) is 0 Å². The topological polar surface area (TPSA) is 68.5 Å². The Bertz CT molecular complexity index is 857. The lowest BCUT2D eigenvalue weighted by atomic mass is 9.78. The number of ether oxygens (including phenoxy) is 1. The van der Waals surface area contributed by atoms with E-state index in [1.54, 1.807) is 19.1 Å². The Labute approximate surface area is 153 Å². The molecule has 4 atom stereocenters. The molecule has 1 heterocycles. The number of amides is 1. The van der Waals surface area contributed by atoms with Crippen LogP contribution in [0.3, 0.4) is 0 Å². The van der Waals surface area contributed by atoms with Crippen LogP contribution in [0.4, 0.5) is 0 Å². The summed E-state index contributed by atoms with van der Waals surface area (Å²) in [5.41, 5.74) is 0.933. The molecule has 1 aliphatic carbocycles. The molecule has 26 heavy (non-hydrogen) atoms. The summed E-state index contributed by atoms with van der Waals surface area (Å²) in [6.45, 7) is 8.05. The number of fused-ring (bicyclic) bond motifs is 1. The summed E-state index contributed by atoms with van der Waals surface area (Å²) >= 11 is 0. The molecule has 0 saturated heterocycles. The number of benzene rings is 1. The third-order valence-electron chi connectivity index (χ3n) is 5.64. The van der Waals surface area contributed by atoms with Crippen molar-refractivity contribution in [2.75, 3.05) is 0 Å². The minimum atomic E-state index is -0.617. The van der Waals surface area contributed by atoms with Crippen LogP contribution in [0.1, 0.15) is 45.6 Å². The second kappa shape index (κ2) is 7.52. The Kier molecular flexibility index (Phi) is 5.35. The molecule has 1 N–H and O–H groups in total. The minimum absolute atomic E-state index is 0.109. The SMILES string of the molecule is Cc1cc(=O)oc2cc(OC(C)C(=O)NC3CCCC(C)C3C)ccc12. The smallest absolute Gasteiger partial charge is 0.336 e. The molecule has 1 amide bonds. The van der Waals surface area contributed by atoms with Crippen molar-refractivity contribution < 1.29 is 13.9 Å². The molecule has 0 aliphatic heterocycles. The van der Waals surface area contributed by atoms with Crippen LogP contribution in [0.15, 0.2) is 33.5 Å². The van der Waals surface area contributed by atoms with Gasteiger partial charge in [-0.1, -0.05) is 26.7 Å². The highest BCUT2D eigenvalue weighted by Crippen LogP contribution is 2.29. The molecule has 3 rings (SSSR count). The van der Waals surface area contributed by atoms with E-state index in [1.165, 1.54) is 12.5 Å². The second-order valence-electron chi connectivity index (χ2n) is 7.55. The van der Waals surface area contributed by atoms with Crippen molar-refractivity contribution in [3.63, 3.8) is 0 Å². The summed E-state index contributed by atoms with van der Waals surface area (Å²) in [4.78, 5) is 24.1. The maximum Gasteiger partial charge on any atom is 0.336 e. The molecule has 2 aromatic rings. The predicted molar refractivity (Wildman–Crippen MR) is 101 cm³/mol. The van der Waals surface area contributed by atoms with E-state index >= 15 is 0 Å². The fraction of sp³-hybridized carbons (Fsp3) is 0.524. The predicted octanol–water partition coefficient (Wildman–Crippen LogP) is 3.81. The van der Waals surface area contributed by atoms with E-state index in [9.17, 15) is 9.59 Å². The molecule has 1 aromatic carbocycles. The van der Waals surface area contributed by atoms with Crippen LogP contribution in [0.2, 0.25) is 0 Å². The number of hydrogen-bond acceptors (Lipinski definition) is 4. The van der Waals surface area contributed by atoms with Gasteiger partial charge in [0, 0.05) is 23.6 Å². The van der Waals surface area contributed by atoms with Gasteiger partial charge in [-0.25, -0.2) is 4.79 Å². The third-order valence-corrected chi connectivity index (χ3v) is 5.64. The summed E-state index contributed by atoms with van der Waals surface area (Å²) in [7, 11) is 0. The average molecular weight is 357 g/mol. The molecule has 140 valence electrons. The van der Waals surface area contributed by atoms with Crippen molar-refractivity contribution >= 4 is 16.9 Å². The fourth-order valence-corrected chi connectivity index (χ4v) is 3.72. The Morgan fingerprint density at radius 1 is 1.27 bits per heavy atom. The van der Waals surface area contributed by atoms with Crippen molar-refractivity contribution in [2.45, 2.75) is 59.1 Å². The van der Waals surface area contributed by atoms with Gasteiger partial charge in [0.15, 0.2) is 6.10 Å². The first-order valence-electron chi connectivity index (χ1n) is 9.36. The lowest BCUT2D eigenvalue weighted by Gasteiger charge is -2.35. The number of rotatable bonds is 4. The standard InChI is InChI=1S/C21H27NO4/c1-12-6-5-7-18(14(12)3)22-21(24)15(4)25-16-8-9-17-13(2)10-20(23)26-19(17)11-16/h8-12,14-15,18H,5-7H2,1-4H3,(H,22,24). The van der Waals surface area contributed by atoms with Gasteiger partial charge in [-0.3, -0.25) is 4.79 Å². The van der Waals surface area contributed by atoms with Crippen LogP contribution in [0.5, 0.6) is 5.75 Å². The molecule has 4 unspecified atom stereocenters. The van der Waals surface area contributed by atoms with Crippen molar-refractivity contribution in [2.24, 2.45) is 11.8 Å². The van der Waals surface area contributed by atoms with E-state index in [-0.39, 0.29) is 11.9 Å². The zero-order valence-electron chi connectivity index (χ0n) is 15.9. The summed E-state index contributed by atoms with van der Waals surface area (Å²) in [6.07, 6.45) is 2.77. The maximum absolute atomic E-state index is 12.5. The van der Waals surface area contributed by atoms with Crippen LogP contribution < -0.4 is 15.7 Å². The van der Waals surface area contributed by atoms with Gasteiger partial charge in [0.25, 0.3) is 5.91 Å². The lowest BCUT2D eigenvalue weighted by molar-refractivity contribution is -0.128. The second-order valence-corrected chi connectivity index (χ2v) is 7.55. The fourth-order valence-electron chi connectivity index (χ4n) is 3.72. The highest BCUT2D eigenvalue weighted by Gasteiger charge is 2.29. The summed E-state index contributed by atoms with van der Waals surface area (Å²) < 4.78 is 11.0. The Hall–Kier alpha value is -2.30. The van der Waals surface area contributed by atoms with Gasteiger partial charge in [-0.2, -0.15) is 0 Å². The van der Waals surface area contributed by atoms with E-state index in [0.717, 1.165) is 23.8 Å². The molecule has 5 nitrogen and oxygen atoms in total. The summed E-state index contributed by atoms with van der Waals surface area (Å²) in [5, 5.41) is 4.00. The number of carbonyl (C=O) groups is 1. The van der Waals surface area contributed by atoms with Gasteiger partial charge in [0.2, 0.25) is 0 Å². The third kappa shape index (κ3) is 3.92. The van der Waals surface area contributed by atoms with Crippen molar-refractivity contribution in [1.82, 2.24) is 5.32 Å². The zero-order chi connectivity index (χ0) is 18.8. The monoisotopic (exact) mass is 357 g/mol. The Balaban J connectivity index is 1.69. The van der Waals surface area contributed by atoms with Gasteiger partial charge in [0.1, 0.15) is 11.3 Å². The average Bonchev–Trinajstić information content (AvgIpc) is 2.58. The maximum atomic E-state index is 12.5. The summed E-state index contributed by atoms with van der Waals surface area (Å²) in [5.74, 6) is 1.50. The normalized spacial score (nSPS) is 24.2. The number of nitrogens with one attached hydrogen (secondary N) is 1. The molecule has 0 spiro atoms. The molecule has 1 aromatic heterocycles. The molecule has 5 heteroatoms. The van der Waals surface area contributed by atoms with E-state index < -0.39 is 11.7 Å². The van der Waals surface area contributed by atoms with Gasteiger partial charge in [-0.15, -0.1) is 0 Å². The zero-order valence-corrected chi connectivity index (χ0v) is 15.9. The minimum Gasteiger partial charge on any atom is -0.481 e. The van der Waals surface area contributed by atoms with Crippen molar-refractivity contribution in [3.05, 3.63) is 40.2 Å². The first-order valence-corrected chi connectivity index (χ1v) is 9.36. The highest BCUT2D eigenvalue weighted by molar-refractivity contribution is 5.83. The molecular formula is C21H27NO4. The van der Waals surface area contributed by atoms with Gasteiger partial charge >= 0.3 is 5.63 Å². The number of aryl methyl sites for hydroxylation is 1. The van der Waals surface area contributed by atoms with Crippen LogP contribution in [-0.2, 0) is 4.79 Å². The molecule has 1 fully saturated rings. The molecule has 1 saturated carbocycles. The largest absolute Gasteiger partial charge is 0.481 e. The number of carbonyl (C=O) groups excluding carboxylic acids is 1. The van der Waals surface area contributed by atoms with Gasteiger partial charge in [-0.05, 0) is 49.8 Å². The highest BCUT2D eigenvalue weighted by atomic mass is 16.5. The molecule has 0 bridgehead atoms. The molecule has 0 radical (unpaired) electrons. The van der Waals surface area contributed by atoms with Crippen LogP contribution in [-0.4, -0.2) is 18.1 Å². The summed E-state index contributed by atoms with van der Waals surface area (Å²) in [6, 6.07) is 6.97. The lowest BCUT2D eigenvalue weighted by Crippen LogP contribution is -2.48. The van der Waals surface area contributed by atoms with Crippen LogP contribution >= 0.6 is 0 Å². The Morgan fingerprint density at radius 2 is 2.04 bits per heavy atom. The van der Waals surface area contributed by atoms with E-state index in [4.69, 9.17) is 9.15 Å². The van der Waals surface area contributed by atoms with Crippen molar-refractivity contribution in [3.8, 4) is 5.75 Å². The molecular weight excluding hydrogens is 330 g/mol. The van der Waals surface area contributed by atoms with E-state index in [2.05, 4.69) is 19.2 Å². The van der Waals surface area contributed by atoms with Crippen LogP contribution in [0, 0.1) is 18.8 Å². The first-order chi connectivity index (χ1) is 12.3. The van der Waals surface area contributed by atoms with Crippen molar-refractivity contribution in [1.29, 1.82) is 0 Å². The Morgan fingerprint density at radius 3 is 2.81 bits per heavy atom. The number of hydrogen-bond donors (Lipinski definition) is 1.